The molecule has 0 saturated heterocycles. The quantitative estimate of drug-likeness (QED) is 0.811. The maximum absolute atomic E-state index is 12.7. The van der Waals surface area contributed by atoms with Crippen LogP contribution in [0.3, 0.4) is 0 Å². The molecule has 2 atom stereocenters. The Balaban J connectivity index is 1.40. The second kappa shape index (κ2) is 8.27. The maximum atomic E-state index is 12.7. The van der Waals surface area contributed by atoms with Gasteiger partial charge in [0.1, 0.15) is 0 Å². The number of rotatable bonds is 6. The van der Waals surface area contributed by atoms with Crippen LogP contribution in [-0.4, -0.2) is 34.2 Å². The summed E-state index contributed by atoms with van der Waals surface area (Å²) < 4.78 is 7.52. The topological polar surface area (TPSA) is 73.2 Å². The van der Waals surface area contributed by atoms with Gasteiger partial charge in [0.05, 0.1) is 23.3 Å². The number of para-hydroxylation sites is 1. The van der Waals surface area contributed by atoms with Crippen molar-refractivity contribution in [1.29, 1.82) is 0 Å². The number of benzene rings is 1. The first-order chi connectivity index (χ1) is 14.0. The van der Waals surface area contributed by atoms with Crippen LogP contribution >= 0.6 is 0 Å². The molecule has 1 N–H and O–H groups in total. The Hall–Kier alpha value is -2.21. The molecule has 0 aliphatic heterocycles. The summed E-state index contributed by atoms with van der Waals surface area (Å²) >= 11 is 0. The normalized spacial score (nSPS) is 23.1. The molecule has 1 spiro atoms. The highest BCUT2D eigenvalue weighted by Gasteiger charge is 2.55. The summed E-state index contributed by atoms with van der Waals surface area (Å²) in [5.74, 6) is 0.00568. The van der Waals surface area contributed by atoms with Crippen LogP contribution in [0.5, 0.6) is 0 Å². The highest BCUT2D eigenvalue weighted by Crippen LogP contribution is 2.53. The fraction of sp³-hybridized carbons (Fsp3) is 0.609. The number of hydrogen-bond donors (Lipinski definition) is 1. The number of fused-ring (bicyclic) bond motifs is 1. The lowest BCUT2D eigenvalue weighted by Crippen LogP contribution is -2.65. The molecule has 1 aromatic carbocycles. The third-order valence-corrected chi connectivity index (χ3v) is 6.91. The van der Waals surface area contributed by atoms with E-state index in [1.165, 1.54) is 19.3 Å². The molecule has 1 aromatic heterocycles. The largest absolute Gasteiger partial charge is 0.378 e. The highest BCUT2D eigenvalue weighted by molar-refractivity contribution is 5.80. The van der Waals surface area contributed by atoms with E-state index in [0.29, 0.717) is 11.9 Å². The lowest BCUT2D eigenvalue weighted by Gasteiger charge is -2.57. The molecule has 1 amide bonds. The van der Waals surface area contributed by atoms with Crippen molar-refractivity contribution in [1.82, 2.24) is 14.9 Å². The number of hydrogen-bond acceptors (Lipinski definition) is 4. The van der Waals surface area contributed by atoms with E-state index < -0.39 is 0 Å². The molecule has 156 valence electrons. The van der Waals surface area contributed by atoms with Crippen molar-refractivity contribution < 1.29 is 9.53 Å². The molecule has 2 saturated carbocycles. The van der Waals surface area contributed by atoms with E-state index in [1.807, 2.05) is 26.0 Å². The Morgan fingerprint density at radius 1 is 1.31 bits per heavy atom. The van der Waals surface area contributed by atoms with Crippen molar-refractivity contribution in [3.05, 3.63) is 40.4 Å². The number of aromatic nitrogens is 2. The summed E-state index contributed by atoms with van der Waals surface area (Å²) in [5, 5.41) is 3.85. The van der Waals surface area contributed by atoms with Gasteiger partial charge in [0.25, 0.3) is 5.56 Å². The van der Waals surface area contributed by atoms with Gasteiger partial charge in [-0.25, -0.2) is 4.98 Å². The summed E-state index contributed by atoms with van der Waals surface area (Å²) in [6.07, 6.45) is 8.99. The minimum absolute atomic E-state index is 0.00568. The van der Waals surface area contributed by atoms with E-state index in [4.69, 9.17) is 4.74 Å². The van der Waals surface area contributed by atoms with Crippen LogP contribution in [0.25, 0.3) is 10.9 Å². The van der Waals surface area contributed by atoms with Gasteiger partial charge < -0.3 is 10.1 Å². The number of carbonyl (C=O) groups excluding carboxylic acids is 1. The van der Waals surface area contributed by atoms with E-state index in [-0.39, 0.29) is 35.4 Å². The maximum Gasteiger partial charge on any atom is 0.261 e. The molecule has 4 rings (SSSR count). The molecule has 2 aromatic rings. The Bertz CT molecular complexity index is 946. The summed E-state index contributed by atoms with van der Waals surface area (Å²) in [5.41, 5.74) is 1.74. The molecular formula is C23H31N3O3. The van der Waals surface area contributed by atoms with Crippen LogP contribution in [0, 0.1) is 12.3 Å². The zero-order chi connectivity index (χ0) is 20.4. The van der Waals surface area contributed by atoms with Crippen molar-refractivity contribution in [3.63, 3.8) is 0 Å². The Labute approximate surface area is 171 Å². The molecule has 0 bridgehead atoms. The zero-order valence-corrected chi connectivity index (χ0v) is 17.4. The van der Waals surface area contributed by atoms with Gasteiger partial charge in [-0.15, -0.1) is 0 Å². The second-order valence-electron chi connectivity index (χ2n) is 8.56. The van der Waals surface area contributed by atoms with E-state index in [9.17, 15) is 9.59 Å². The van der Waals surface area contributed by atoms with Crippen molar-refractivity contribution >= 4 is 16.8 Å². The van der Waals surface area contributed by atoms with E-state index in [0.717, 1.165) is 36.9 Å². The first-order valence-electron chi connectivity index (χ1n) is 10.9. The van der Waals surface area contributed by atoms with Crippen LogP contribution in [-0.2, 0) is 16.1 Å². The Kier molecular flexibility index (Phi) is 5.72. The predicted octanol–water partition coefficient (Wildman–Crippen LogP) is 3.34. The van der Waals surface area contributed by atoms with Gasteiger partial charge >= 0.3 is 0 Å². The van der Waals surface area contributed by atoms with E-state index in [2.05, 4.69) is 10.3 Å². The van der Waals surface area contributed by atoms with Crippen LogP contribution < -0.4 is 10.9 Å². The predicted molar refractivity (Wildman–Crippen MR) is 113 cm³/mol. The molecule has 2 aliphatic carbocycles. The molecular weight excluding hydrogens is 366 g/mol. The van der Waals surface area contributed by atoms with Gasteiger partial charge in [-0.2, -0.15) is 0 Å². The second-order valence-corrected chi connectivity index (χ2v) is 8.56. The lowest BCUT2D eigenvalue weighted by atomic mass is 9.55. The smallest absolute Gasteiger partial charge is 0.261 e. The minimum atomic E-state index is -0.0877. The number of ether oxygens (including phenoxy) is 1. The Morgan fingerprint density at radius 3 is 2.86 bits per heavy atom. The van der Waals surface area contributed by atoms with Crippen LogP contribution in [0.4, 0.5) is 0 Å². The average Bonchev–Trinajstić information content (AvgIpc) is 2.74. The molecule has 0 radical (unpaired) electrons. The van der Waals surface area contributed by atoms with Crippen LogP contribution in [0.1, 0.15) is 57.4 Å². The summed E-state index contributed by atoms with van der Waals surface area (Å²) in [6.45, 7) is 5.06. The molecule has 6 nitrogen and oxygen atoms in total. The number of nitrogens with one attached hydrogen (secondary N) is 1. The van der Waals surface area contributed by atoms with Crippen LogP contribution in [0.15, 0.2) is 29.3 Å². The third-order valence-electron chi connectivity index (χ3n) is 6.91. The first-order valence-corrected chi connectivity index (χ1v) is 10.9. The SMILES string of the molecule is CCO[C@@H]1C[C@@H](NC(=O)CCn2cnc3c(C)cccc3c2=O)C12CCCCC2. The monoisotopic (exact) mass is 397 g/mol. The lowest BCUT2D eigenvalue weighted by molar-refractivity contribution is -0.157. The fourth-order valence-electron chi connectivity index (χ4n) is 5.25. The van der Waals surface area contributed by atoms with E-state index >= 15 is 0 Å². The molecule has 29 heavy (non-hydrogen) atoms. The molecule has 1 heterocycles. The van der Waals surface area contributed by atoms with Crippen molar-refractivity contribution in [2.24, 2.45) is 5.41 Å². The first kappa shape index (κ1) is 20.1. The minimum Gasteiger partial charge on any atom is -0.378 e. The molecule has 2 aliphatic rings. The van der Waals surface area contributed by atoms with Gasteiger partial charge in [0, 0.05) is 31.0 Å². The van der Waals surface area contributed by atoms with Gasteiger partial charge in [-0.3, -0.25) is 14.2 Å². The molecule has 6 heteroatoms. The number of carbonyl (C=O) groups is 1. The number of aryl methyl sites for hydroxylation is 2. The van der Waals surface area contributed by atoms with E-state index in [1.54, 1.807) is 17.0 Å². The van der Waals surface area contributed by atoms with Gasteiger partial charge in [-0.1, -0.05) is 31.4 Å². The third kappa shape index (κ3) is 3.70. The van der Waals surface area contributed by atoms with Crippen molar-refractivity contribution in [2.45, 2.75) is 77.5 Å². The summed E-state index contributed by atoms with van der Waals surface area (Å²) in [6, 6.07) is 5.80. The van der Waals surface area contributed by atoms with Crippen LogP contribution in [0.2, 0.25) is 0 Å². The summed E-state index contributed by atoms with van der Waals surface area (Å²) in [4.78, 5) is 29.8. The summed E-state index contributed by atoms with van der Waals surface area (Å²) in [7, 11) is 0. The standard InChI is InChI=1S/C23H31N3O3/c1-3-29-19-14-18(23(19)11-5-4-6-12-23)25-20(27)10-13-26-15-24-21-16(2)8-7-9-17(21)22(26)28/h7-9,15,18-19H,3-6,10-14H2,1-2H3,(H,25,27)/t18-,19-/m1/s1. The number of nitrogens with zero attached hydrogens (tertiary/aromatic N) is 2. The fourth-order valence-corrected chi connectivity index (χ4v) is 5.25. The number of amides is 1. The van der Waals surface area contributed by atoms with Gasteiger partial charge in [-0.05, 0) is 44.7 Å². The zero-order valence-electron chi connectivity index (χ0n) is 17.4. The molecule has 0 unspecified atom stereocenters. The Morgan fingerprint density at radius 2 is 2.10 bits per heavy atom. The highest BCUT2D eigenvalue weighted by atomic mass is 16.5. The molecule has 2 fully saturated rings. The van der Waals surface area contributed by atoms with Crippen molar-refractivity contribution in [2.75, 3.05) is 6.61 Å². The average molecular weight is 398 g/mol. The van der Waals surface area contributed by atoms with Gasteiger partial charge in [0.15, 0.2) is 0 Å². The van der Waals surface area contributed by atoms with Crippen molar-refractivity contribution in [3.8, 4) is 0 Å². The van der Waals surface area contributed by atoms with Gasteiger partial charge in [0.2, 0.25) is 5.91 Å².